The second kappa shape index (κ2) is 7.69. The first kappa shape index (κ1) is 16.8. The molecule has 0 bridgehead atoms. The normalized spacial score (nSPS) is 14.8. The largest absolute Gasteiger partial charge is 0.508 e. The van der Waals surface area contributed by atoms with E-state index < -0.39 is 0 Å². The summed E-state index contributed by atoms with van der Waals surface area (Å²) in [6.45, 7) is 3.60. The van der Waals surface area contributed by atoms with Crippen molar-refractivity contribution in [2.45, 2.75) is 6.54 Å². The minimum atomic E-state index is -0.146. The van der Waals surface area contributed by atoms with Crippen molar-refractivity contribution in [3.05, 3.63) is 59.7 Å². The Labute approximate surface area is 146 Å². The number of carbonyl (C=O) groups excluding carboxylic acids is 1. The summed E-state index contributed by atoms with van der Waals surface area (Å²) in [5.74, 6) is 0.273. The van der Waals surface area contributed by atoms with Gasteiger partial charge in [0.2, 0.25) is 0 Å². The van der Waals surface area contributed by atoms with Crippen LogP contribution in [0.2, 0.25) is 0 Å². The van der Waals surface area contributed by atoms with Crippen molar-refractivity contribution < 1.29 is 9.90 Å². The number of amides is 2. The molecule has 0 spiro atoms. The van der Waals surface area contributed by atoms with Crippen LogP contribution in [-0.4, -0.2) is 47.1 Å². The van der Waals surface area contributed by atoms with Gasteiger partial charge in [0.1, 0.15) is 5.75 Å². The molecule has 1 heterocycles. The molecule has 128 valence electrons. The number of urea groups is 1. The molecule has 0 atom stereocenters. The number of rotatable bonds is 3. The molecule has 2 N–H and O–H groups in total. The third-order valence-corrected chi connectivity index (χ3v) is 4.22. The van der Waals surface area contributed by atoms with Gasteiger partial charge in [-0.05, 0) is 35.9 Å². The molecule has 6 heteroatoms. The lowest BCUT2D eigenvalue weighted by atomic mass is 10.2. The number of hydrogen-bond donors (Lipinski definition) is 2. The Morgan fingerprint density at radius 1 is 1.12 bits per heavy atom. The van der Waals surface area contributed by atoms with Gasteiger partial charge >= 0.3 is 6.03 Å². The van der Waals surface area contributed by atoms with E-state index in [-0.39, 0.29) is 11.8 Å². The molecule has 2 aromatic rings. The minimum absolute atomic E-state index is 0.146. The van der Waals surface area contributed by atoms with Crippen LogP contribution >= 0.6 is 0 Å². The van der Waals surface area contributed by atoms with Gasteiger partial charge in [-0.1, -0.05) is 18.2 Å². The lowest BCUT2D eigenvalue weighted by Gasteiger charge is -2.34. The molecule has 1 aliphatic rings. The number of nitrogens with zero attached hydrogens (tertiary/aromatic N) is 3. The lowest BCUT2D eigenvalue weighted by molar-refractivity contribution is 0.143. The number of nitrogens with one attached hydrogen (secondary N) is 1. The molecule has 2 amide bonds. The van der Waals surface area contributed by atoms with Crippen molar-refractivity contribution in [2.75, 3.05) is 31.5 Å². The zero-order valence-corrected chi connectivity index (χ0v) is 13.9. The van der Waals surface area contributed by atoms with Gasteiger partial charge in [-0.3, -0.25) is 4.90 Å². The SMILES string of the molecule is N#Cc1cccc(NC(=O)N2CCN(Cc3cccc(O)c3)CC2)c1. The van der Waals surface area contributed by atoms with E-state index in [0.29, 0.717) is 24.3 Å². The van der Waals surface area contributed by atoms with Crippen molar-refractivity contribution >= 4 is 11.7 Å². The highest BCUT2D eigenvalue weighted by Gasteiger charge is 2.21. The third-order valence-electron chi connectivity index (χ3n) is 4.22. The molecule has 2 aromatic carbocycles. The average molecular weight is 336 g/mol. The van der Waals surface area contributed by atoms with Crippen LogP contribution in [0.5, 0.6) is 5.75 Å². The zero-order chi connectivity index (χ0) is 17.6. The predicted octanol–water partition coefficient (Wildman–Crippen LogP) is 2.61. The van der Waals surface area contributed by atoms with Crippen molar-refractivity contribution in [1.82, 2.24) is 9.80 Å². The van der Waals surface area contributed by atoms with Crippen molar-refractivity contribution in [1.29, 1.82) is 5.26 Å². The number of phenols is 1. The lowest BCUT2D eigenvalue weighted by Crippen LogP contribution is -2.49. The maximum atomic E-state index is 12.4. The number of piperazine rings is 1. The summed E-state index contributed by atoms with van der Waals surface area (Å²) >= 11 is 0. The quantitative estimate of drug-likeness (QED) is 0.903. The van der Waals surface area contributed by atoms with Gasteiger partial charge in [-0.2, -0.15) is 5.26 Å². The molecule has 1 fully saturated rings. The number of phenolic OH excluding ortho intramolecular Hbond substituents is 1. The Morgan fingerprint density at radius 2 is 1.88 bits per heavy atom. The highest BCUT2D eigenvalue weighted by atomic mass is 16.3. The first-order chi connectivity index (χ1) is 12.1. The monoisotopic (exact) mass is 336 g/mol. The fourth-order valence-electron chi connectivity index (χ4n) is 2.89. The van der Waals surface area contributed by atoms with Gasteiger partial charge in [0.05, 0.1) is 11.6 Å². The molecule has 0 aromatic heterocycles. The standard InChI is InChI=1S/C19H20N4O2/c20-13-15-3-1-5-17(11-15)21-19(25)23-9-7-22(8-10-23)14-16-4-2-6-18(24)12-16/h1-6,11-12,24H,7-10,14H2,(H,21,25). The number of hydrogen-bond acceptors (Lipinski definition) is 4. The summed E-state index contributed by atoms with van der Waals surface area (Å²) in [5.41, 5.74) is 2.21. The molecule has 0 saturated carbocycles. The van der Waals surface area contributed by atoms with Crippen LogP contribution in [0.4, 0.5) is 10.5 Å². The molecule has 0 unspecified atom stereocenters. The summed E-state index contributed by atoms with van der Waals surface area (Å²) < 4.78 is 0. The van der Waals surface area contributed by atoms with Gasteiger partial charge in [0, 0.05) is 38.4 Å². The fraction of sp³-hybridized carbons (Fsp3) is 0.263. The highest BCUT2D eigenvalue weighted by molar-refractivity contribution is 5.89. The van der Waals surface area contributed by atoms with Crippen LogP contribution in [0.3, 0.4) is 0 Å². The van der Waals surface area contributed by atoms with E-state index in [1.54, 1.807) is 41.3 Å². The second-order valence-electron chi connectivity index (χ2n) is 6.06. The Morgan fingerprint density at radius 3 is 2.60 bits per heavy atom. The summed E-state index contributed by atoms with van der Waals surface area (Å²) in [6, 6.07) is 16.1. The number of benzene rings is 2. The molecule has 0 radical (unpaired) electrons. The van der Waals surface area contributed by atoms with Crippen LogP contribution in [0.15, 0.2) is 48.5 Å². The molecular weight excluding hydrogens is 316 g/mol. The number of aromatic hydroxyl groups is 1. The number of anilines is 1. The van der Waals surface area contributed by atoms with E-state index >= 15 is 0 Å². The van der Waals surface area contributed by atoms with Crippen LogP contribution < -0.4 is 5.32 Å². The van der Waals surface area contributed by atoms with Crippen molar-refractivity contribution in [2.24, 2.45) is 0 Å². The van der Waals surface area contributed by atoms with Gasteiger partial charge in [0.15, 0.2) is 0 Å². The summed E-state index contributed by atoms with van der Waals surface area (Å²) in [6.07, 6.45) is 0. The Bertz CT molecular complexity index is 792. The van der Waals surface area contributed by atoms with Gasteiger partial charge in [-0.25, -0.2) is 4.79 Å². The Hall–Kier alpha value is -3.04. The zero-order valence-electron chi connectivity index (χ0n) is 13.9. The topological polar surface area (TPSA) is 79.6 Å². The van der Waals surface area contributed by atoms with E-state index in [1.807, 2.05) is 12.1 Å². The van der Waals surface area contributed by atoms with Crippen molar-refractivity contribution in [3.63, 3.8) is 0 Å². The van der Waals surface area contributed by atoms with E-state index in [4.69, 9.17) is 5.26 Å². The summed E-state index contributed by atoms with van der Waals surface area (Å²) in [7, 11) is 0. The van der Waals surface area contributed by atoms with E-state index in [0.717, 1.165) is 25.2 Å². The molecular formula is C19H20N4O2. The summed E-state index contributed by atoms with van der Waals surface area (Å²) in [4.78, 5) is 16.4. The molecule has 1 aliphatic heterocycles. The second-order valence-corrected chi connectivity index (χ2v) is 6.06. The van der Waals surface area contributed by atoms with E-state index in [1.165, 1.54) is 0 Å². The Kier molecular flexibility index (Phi) is 5.17. The smallest absolute Gasteiger partial charge is 0.321 e. The number of carbonyl (C=O) groups is 1. The Balaban J connectivity index is 1.51. The van der Waals surface area contributed by atoms with Gasteiger partial charge in [-0.15, -0.1) is 0 Å². The first-order valence-electron chi connectivity index (χ1n) is 8.20. The van der Waals surface area contributed by atoms with Crippen LogP contribution in [0, 0.1) is 11.3 Å². The maximum Gasteiger partial charge on any atom is 0.321 e. The molecule has 6 nitrogen and oxygen atoms in total. The van der Waals surface area contributed by atoms with Crippen molar-refractivity contribution in [3.8, 4) is 11.8 Å². The molecule has 0 aliphatic carbocycles. The number of nitriles is 1. The van der Waals surface area contributed by atoms with Crippen LogP contribution in [0.25, 0.3) is 0 Å². The predicted molar refractivity (Wildman–Crippen MR) is 95.1 cm³/mol. The maximum absolute atomic E-state index is 12.4. The minimum Gasteiger partial charge on any atom is -0.508 e. The van der Waals surface area contributed by atoms with E-state index in [2.05, 4.69) is 16.3 Å². The average Bonchev–Trinajstić information content (AvgIpc) is 2.62. The first-order valence-corrected chi connectivity index (χ1v) is 8.20. The highest BCUT2D eigenvalue weighted by Crippen LogP contribution is 2.15. The summed E-state index contributed by atoms with van der Waals surface area (Å²) in [5, 5.41) is 21.3. The van der Waals surface area contributed by atoms with Crippen LogP contribution in [0.1, 0.15) is 11.1 Å². The third kappa shape index (κ3) is 4.49. The van der Waals surface area contributed by atoms with E-state index in [9.17, 15) is 9.90 Å². The molecule has 3 rings (SSSR count). The van der Waals surface area contributed by atoms with Gasteiger partial charge in [0.25, 0.3) is 0 Å². The van der Waals surface area contributed by atoms with Gasteiger partial charge < -0.3 is 15.3 Å². The van der Waals surface area contributed by atoms with Crippen LogP contribution in [-0.2, 0) is 6.54 Å². The molecule has 1 saturated heterocycles. The fourth-order valence-corrected chi connectivity index (χ4v) is 2.89. The molecule has 25 heavy (non-hydrogen) atoms.